The van der Waals surface area contributed by atoms with Crippen LogP contribution in [0.15, 0.2) is 28.2 Å². The summed E-state index contributed by atoms with van der Waals surface area (Å²) in [5.74, 6) is 2.52. The van der Waals surface area contributed by atoms with E-state index in [0.29, 0.717) is 29.4 Å². The Morgan fingerprint density at radius 3 is 3.16 bits per heavy atom. The molecule has 0 saturated heterocycles. The fourth-order valence-electron chi connectivity index (χ4n) is 3.00. The number of hydrogen-bond donors (Lipinski definition) is 1. The molecule has 0 fully saturated rings. The molecule has 130 valence electrons. The number of aryl methyl sites for hydroxylation is 1. The van der Waals surface area contributed by atoms with Gasteiger partial charge in [0.05, 0.1) is 6.26 Å². The lowest BCUT2D eigenvalue weighted by Gasteiger charge is -2.07. The average Bonchev–Trinajstić information content (AvgIpc) is 3.34. The van der Waals surface area contributed by atoms with E-state index in [4.69, 9.17) is 4.42 Å². The number of rotatable bonds is 5. The summed E-state index contributed by atoms with van der Waals surface area (Å²) in [4.78, 5) is 16.6. The Morgan fingerprint density at radius 2 is 2.28 bits per heavy atom. The van der Waals surface area contributed by atoms with Crippen molar-refractivity contribution in [1.82, 2.24) is 25.1 Å². The number of carbonyl (C=O) groups is 1. The van der Waals surface area contributed by atoms with E-state index in [9.17, 15) is 4.79 Å². The van der Waals surface area contributed by atoms with Gasteiger partial charge in [0.25, 0.3) is 5.91 Å². The monoisotopic (exact) mass is 357 g/mol. The van der Waals surface area contributed by atoms with E-state index >= 15 is 0 Å². The van der Waals surface area contributed by atoms with Crippen molar-refractivity contribution in [2.75, 3.05) is 6.54 Å². The molecule has 0 spiro atoms. The van der Waals surface area contributed by atoms with Gasteiger partial charge in [-0.25, -0.2) is 4.98 Å². The Hall–Kier alpha value is -2.48. The zero-order chi connectivity index (χ0) is 17.1. The van der Waals surface area contributed by atoms with E-state index < -0.39 is 0 Å². The molecule has 4 heterocycles. The number of amides is 1. The van der Waals surface area contributed by atoms with Crippen molar-refractivity contribution in [2.24, 2.45) is 0 Å². The van der Waals surface area contributed by atoms with Crippen molar-refractivity contribution in [2.45, 2.75) is 38.6 Å². The van der Waals surface area contributed by atoms with Crippen LogP contribution in [0.25, 0.3) is 10.8 Å². The fraction of sp³-hybridized carbons (Fsp3) is 0.412. The lowest BCUT2D eigenvalue weighted by Crippen LogP contribution is -2.26. The summed E-state index contributed by atoms with van der Waals surface area (Å²) in [6.45, 7) is 1.49. The summed E-state index contributed by atoms with van der Waals surface area (Å²) >= 11 is 1.40. The van der Waals surface area contributed by atoms with Crippen LogP contribution in [-0.4, -0.2) is 32.2 Å². The molecule has 0 saturated carbocycles. The van der Waals surface area contributed by atoms with Gasteiger partial charge in [0.1, 0.15) is 17.3 Å². The van der Waals surface area contributed by atoms with Gasteiger partial charge in [-0.2, -0.15) is 0 Å². The van der Waals surface area contributed by atoms with E-state index in [2.05, 4.69) is 25.1 Å². The molecule has 1 aliphatic heterocycles. The highest BCUT2D eigenvalue weighted by Crippen LogP contribution is 2.23. The summed E-state index contributed by atoms with van der Waals surface area (Å²) in [6, 6.07) is 3.63. The van der Waals surface area contributed by atoms with Crippen LogP contribution in [0, 0.1) is 0 Å². The lowest BCUT2D eigenvalue weighted by atomic mass is 10.2. The number of nitrogens with zero attached hydrogens (tertiary/aromatic N) is 4. The van der Waals surface area contributed by atoms with Crippen molar-refractivity contribution >= 4 is 17.2 Å². The van der Waals surface area contributed by atoms with Crippen LogP contribution in [0.5, 0.6) is 0 Å². The van der Waals surface area contributed by atoms with E-state index in [1.807, 2.05) is 6.07 Å². The average molecular weight is 357 g/mol. The van der Waals surface area contributed by atoms with Crippen LogP contribution in [0.1, 0.15) is 41.4 Å². The lowest BCUT2D eigenvalue weighted by molar-refractivity contribution is 0.0949. The minimum atomic E-state index is -0.176. The predicted molar refractivity (Wildman–Crippen MR) is 93.4 cm³/mol. The quantitative estimate of drug-likeness (QED) is 0.759. The number of fused-ring (bicyclic) bond motifs is 1. The Labute approximate surface area is 149 Å². The third-order valence-corrected chi connectivity index (χ3v) is 5.15. The molecule has 0 aliphatic carbocycles. The zero-order valence-electron chi connectivity index (χ0n) is 13.8. The van der Waals surface area contributed by atoms with Gasteiger partial charge in [-0.3, -0.25) is 4.79 Å². The normalized spacial score (nSPS) is 14.1. The second-order valence-corrected chi connectivity index (χ2v) is 6.87. The molecule has 3 aromatic rings. The van der Waals surface area contributed by atoms with E-state index in [-0.39, 0.29) is 5.91 Å². The molecule has 7 nitrogen and oxygen atoms in total. The molecule has 0 aromatic carbocycles. The van der Waals surface area contributed by atoms with Crippen LogP contribution < -0.4 is 5.32 Å². The highest BCUT2D eigenvalue weighted by Gasteiger charge is 2.16. The van der Waals surface area contributed by atoms with Gasteiger partial charge in [-0.05, 0) is 25.0 Å². The van der Waals surface area contributed by atoms with E-state index in [0.717, 1.165) is 24.6 Å². The predicted octanol–water partition coefficient (Wildman–Crippen LogP) is 2.69. The Kier molecular flexibility index (Phi) is 4.60. The number of thiazole rings is 1. The summed E-state index contributed by atoms with van der Waals surface area (Å²) in [7, 11) is 0. The summed E-state index contributed by atoms with van der Waals surface area (Å²) in [5, 5.41) is 13.9. The SMILES string of the molecule is O=C(NCCc1nnc2n1CCCCC2)c1csc(-c2ccco2)n1. The molecular formula is C17H19N5O2S. The molecular weight excluding hydrogens is 338 g/mol. The maximum Gasteiger partial charge on any atom is 0.270 e. The van der Waals surface area contributed by atoms with Gasteiger partial charge >= 0.3 is 0 Å². The first kappa shape index (κ1) is 16.0. The van der Waals surface area contributed by atoms with Gasteiger partial charge in [-0.1, -0.05) is 6.42 Å². The first-order valence-electron chi connectivity index (χ1n) is 8.50. The number of carbonyl (C=O) groups excluding carboxylic acids is 1. The molecule has 3 aromatic heterocycles. The maximum absolute atomic E-state index is 12.3. The summed E-state index contributed by atoms with van der Waals surface area (Å²) in [5.41, 5.74) is 0.413. The van der Waals surface area contributed by atoms with Crippen molar-refractivity contribution in [3.8, 4) is 10.8 Å². The highest BCUT2D eigenvalue weighted by molar-refractivity contribution is 7.13. The number of furan rings is 1. The fourth-order valence-corrected chi connectivity index (χ4v) is 3.77. The minimum absolute atomic E-state index is 0.176. The van der Waals surface area contributed by atoms with Crippen molar-refractivity contribution in [3.63, 3.8) is 0 Å². The zero-order valence-corrected chi connectivity index (χ0v) is 14.6. The third-order valence-electron chi connectivity index (χ3n) is 4.29. The Bertz CT molecular complexity index is 852. The molecule has 0 radical (unpaired) electrons. The van der Waals surface area contributed by atoms with Gasteiger partial charge in [0.15, 0.2) is 10.8 Å². The number of hydrogen-bond acceptors (Lipinski definition) is 6. The second kappa shape index (κ2) is 7.18. The molecule has 0 bridgehead atoms. The van der Waals surface area contributed by atoms with Crippen molar-refractivity contribution in [3.05, 3.63) is 41.1 Å². The number of aromatic nitrogens is 4. The second-order valence-electron chi connectivity index (χ2n) is 6.02. The molecule has 1 N–H and O–H groups in total. The molecule has 0 atom stereocenters. The smallest absolute Gasteiger partial charge is 0.270 e. The molecule has 8 heteroatoms. The molecule has 25 heavy (non-hydrogen) atoms. The Balaban J connectivity index is 1.34. The van der Waals surface area contributed by atoms with Crippen LogP contribution in [0.2, 0.25) is 0 Å². The van der Waals surface area contributed by atoms with Crippen LogP contribution in [0.4, 0.5) is 0 Å². The minimum Gasteiger partial charge on any atom is -0.462 e. The number of nitrogens with one attached hydrogen (secondary N) is 1. The van der Waals surface area contributed by atoms with Crippen LogP contribution in [-0.2, 0) is 19.4 Å². The third kappa shape index (κ3) is 3.48. The first-order chi connectivity index (χ1) is 12.3. The highest BCUT2D eigenvalue weighted by atomic mass is 32.1. The van der Waals surface area contributed by atoms with Gasteiger partial charge in [0.2, 0.25) is 0 Å². The van der Waals surface area contributed by atoms with Gasteiger partial charge < -0.3 is 14.3 Å². The first-order valence-corrected chi connectivity index (χ1v) is 9.38. The van der Waals surface area contributed by atoms with Crippen LogP contribution in [0.3, 0.4) is 0 Å². The van der Waals surface area contributed by atoms with E-state index in [1.165, 1.54) is 30.6 Å². The van der Waals surface area contributed by atoms with Crippen LogP contribution >= 0.6 is 11.3 Å². The molecule has 0 unspecified atom stereocenters. The van der Waals surface area contributed by atoms with Gasteiger partial charge in [0, 0.05) is 31.3 Å². The largest absolute Gasteiger partial charge is 0.462 e. The summed E-state index contributed by atoms with van der Waals surface area (Å²) in [6.07, 6.45) is 6.84. The van der Waals surface area contributed by atoms with Crippen molar-refractivity contribution in [1.29, 1.82) is 0 Å². The Morgan fingerprint density at radius 1 is 1.32 bits per heavy atom. The maximum atomic E-state index is 12.3. The van der Waals surface area contributed by atoms with Gasteiger partial charge in [-0.15, -0.1) is 21.5 Å². The molecule has 1 amide bonds. The van der Waals surface area contributed by atoms with Crippen molar-refractivity contribution < 1.29 is 9.21 Å². The molecule has 4 rings (SSSR count). The topological polar surface area (TPSA) is 85.8 Å². The molecule has 1 aliphatic rings. The summed E-state index contributed by atoms with van der Waals surface area (Å²) < 4.78 is 7.51. The van der Waals surface area contributed by atoms with E-state index in [1.54, 1.807) is 17.7 Å². The standard InChI is InChI=1S/C17H19N5O2S/c23-16(12-11-25-17(19-12)13-5-4-10-24-13)18-8-7-15-21-20-14-6-2-1-3-9-22(14)15/h4-5,10-11H,1-3,6-9H2,(H,18,23).